The molecule has 0 radical (unpaired) electrons. The van der Waals surface area contributed by atoms with Gasteiger partial charge in [0, 0.05) is 40.4 Å². The summed E-state index contributed by atoms with van der Waals surface area (Å²) in [5.41, 5.74) is 7.94. The molecule has 1 aliphatic carbocycles. The zero-order valence-corrected chi connectivity index (χ0v) is 17.1. The van der Waals surface area contributed by atoms with Crippen LogP contribution in [0.25, 0.3) is 22.3 Å². The van der Waals surface area contributed by atoms with Gasteiger partial charge in [0.1, 0.15) is 11.5 Å². The van der Waals surface area contributed by atoms with E-state index in [-0.39, 0.29) is 5.91 Å². The summed E-state index contributed by atoms with van der Waals surface area (Å²) in [6.07, 6.45) is 7.73. The van der Waals surface area contributed by atoms with E-state index in [1.807, 2.05) is 37.5 Å². The average molecular weight is 413 g/mol. The zero-order valence-electron chi connectivity index (χ0n) is 16.4. The number of nitrogens with one attached hydrogen (secondary N) is 2. The van der Waals surface area contributed by atoms with Crippen molar-refractivity contribution < 1.29 is 4.79 Å². The number of aromatic nitrogens is 3. The third kappa shape index (κ3) is 4.52. The van der Waals surface area contributed by atoms with Crippen LogP contribution in [0.4, 0.5) is 5.82 Å². The molecule has 3 aromatic rings. The minimum absolute atomic E-state index is 0.282. The Labute approximate surface area is 174 Å². The second-order valence-electron chi connectivity index (χ2n) is 7.69. The predicted octanol–water partition coefficient (Wildman–Crippen LogP) is 3.42. The Morgan fingerprint density at radius 1 is 1.34 bits per heavy atom. The molecule has 3 heterocycles. The van der Waals surface area contributed by atoms with Gasteiger partial charge in [-0.25, -0.2) is 9.97 Å². The van der Waals surface area contributed by atoms with Gasteiger partial charge in [0.25, 0.3) is 0 Å². The molecule has 0 aromatic carbocycles. The van der Waals surface area contributed by atoms with Crippen LogP contribution in [0.1, 0.15) is 25.7 Å². The molecule has 1 amide bonds. The molecule has 0 aliphatic heterocycles. The molecule has 7 nitrogen and oxygen atoms in total. The Hall–Kier alpha value is -2.64. The lowest BCUT2D eigenvalue weighted by Gasteiger charge is -2.34. The van der Waals surface area contributed by atoms with E-state index in [0.29, 0.717) is 23.7 Å². The number of anilines is 1. The highest BCUT2D eigenvalue weighted by Gasteiger charge is 2.25. The van der Waals surface area contributed by atoms with E-state index in [1.54, 1.807) is 6.20 Å². The Bertz CT molecular complexity index is 1010. The molecule has 1 fully saturated rings. The molecule has 1 saturated carbocycles. The van der Waals surface area contributed by atoms with Crippen molar-refractivity contribution in [3.05, 3.63) is 41.7 Å². The van der Waals surface area contributed by atoms with Gasteiger partial charge in [-0.3, -0.25) is 9.69 Å². The first-order valence-electron chi connectivity index (χ1n) is 9.85. The minimum atomic E-state index is -0.282. The normalized spacial score (nSPS) is 19.6. The van der Waals surface area contributed by atoms with E-state index in [0.717, 1.165) is 53.8 Å². The number of pyridine rings is 2. The van der Waals surface area contributed by atoms with E-state index in [4.69, 9.17) is 22.3 Å². The fraction of sp³-hybridized carbons (Fsp3) is 0.381. The van der Waals surface area contributed by atoms with Gasteiger partial charge < -0.3 is 16.0 Å². The molecule has 4 rings (SSSR count). The maximum Gasteiger partial charge on any atom is 0.231 e. The fourth-order valence-electron chi connectivity index (χ4n) is 4.12. The summed E-state index contributed by atoms with van der Waals surface area (Å²) in [6, 6.07) is 8.39. The number of amides is 1. The fourth-order valence-corrected chi connectivity index (χ4v) is 4.33. The number of hydrogen-bond donors (Lipinski definition) is 3. The number of halogens is 1. The molecular formula is C21H25ClN6O. The van der Waals surface area contributed by atoms with Crippen molar-refractivity contribution in [1.82, 2.24) is 19.9 Å². The highest BCUT2D eigenvalue weighted by Crippen LogP contribution is 2.31. The summed E-state index contributed by atoms with van der Waals surface area (Å²) >= 11 is 6.39. The van der Waals surface area contributed by atoms with Gasteiger partial charge in [-0.15, -0.1) is 0 Å². The van der Waals surface area contributed by atoms with Crippen molar-refractivity contribution in [3.63, 3.8) is 0 Å². The van der Waals surface area contributed by atoms with E-state index in [2.05, 4.69) is 20.2 Å². The summed E-state index contributed by atoms with van der Waals surface area (Å²) < 4.78 is 0. The first-order chi connectivity index (χ1) is 14.0. The van der Waals surface area contributed by atoms with E-state index in [9.17, 15) is 4.79 Å². The van der Waals surface area contributed by atoms with Crippen LogP contribution in [-0.4, -0.2) is 51.4 Å². The number of carbonyl (C=O) groups excluding carboxylic acids is 1. The van der Waals surface area contributed by atoms with E-state index < -0.39 is 0 Å². The summed E-state index contributed by atoms with van der Waals surface area (Å²) in [5, 5.41) is 5.20. The van der Waals surface area contributed by atoms with Crippen LogP contribution >= 0.6 is 11.6 Å². The van der Waals surface area contributed by atoms with Crippen molar-refractivity contribution in [1.29, 1.82) is 0 Å². The van der Waals surface area contributed by atoms with Crippen LogP contribution in [0.5, 0.6) is 0 Å². The molecule has 0 unspecified atom stereocenters. The van der Waals surface area contributed by atoms with Crippen molar-refractivity contribution >= 4 is 34.4 Å². The van der Waals surface area contributed by atoms with Crippen LogP contribution in [0.3, 0.4) is 0 Å². The Morgan fingerprint density at radius 2 is 2.14 bits per heavy atom. The lowest BCUT2D eigenvalue weighted by Crippen LogP contribution is -2.42. The number of nitrogens with zero attached hydrogens (tertiary/aromatic N) is 3. The smallest absolute Gasteiger partial charge is 0.231 e. The SMILES string of the molecule is CN(CC(N)=O)[C@H]1CC[C@H](Nc2cc(Cl)cc(-c3c[nH]c4ncccc34)n2)CC1. The van der Waals surface area contributed by atoms with E-state index >= 15 is 0 Å². The second-order valence-corrected chi connectivity index (χ2v) is 8.13. The average Bonchev–Trinajstić information content (AvgIpc) is 3.12. The molecule has 3 aromatic heterocycles. The lowest BCUT2D eigenvalue weighted by atomic mass is 9.90. The molecule has 0 spiro atoms. The summed E-state index contributed by atoms with van der Waals surface area (Å²) in [7, 11) is 1.96. The van der Waals surface area contributed by atoms with Crippen molar-refractivity contribution in [2.24, 2.45) is 5.73 Å². The van der Waals surface area contributed by atoms with Gasteiger partial charge in [-0.2, -0.15) is 0 Å². The molecule has 29 heavy (non-hydrogen) atoms. The zero-order chi connectivity index (χ0) is 20.4. The summed E-state index contributed by atoms with van der Waals surface area (Å²) in [5.74, 6) is 0.496. The number of carbonyl (C=O) groups is 1. The summed E-state index contributed by atoms with van der Waals surface area (Å²) in [6.45, 7) is 0.307. The third-order valence-electron chi connectivity index (χ3n) is 5.59. The van der Waals surface area contributed by atoms with Crippen LogP contribution in [-0.2, 0) is 4.79 Å². The molecule has 4 N–H and O–H groups in total. The molecule has 8 heteroatoms. The predicted molar refractivity (Wildman–Crippen MR) is 116 cm³/mol. The first kappa shape index (κ1) is 19.7. The van der Waals surface area contributed by atoms with Crippen molar-refractivity contribution in [2.75, 3.05) is 18.9 Å². The molecule has 0 saturated heterocycles. The van der Waals surface area contributed by atoms with Gasteiger partial charge in [0.05, 0.1) is 12.2 Å². The maximum atomic E-state index is 11.1. The lowest BCUT2D eigenvalue weighted by molar-refractivity contribution is -0.119. The third-order valence-corrected chi connectivity index (χ3v) is 5.81. The number of likely N-dealkylation sites (N-methyl/N-ethyl adjacent to an activating group) is 1. The number of nitrogens with two attached hydrogens (primary N) is 1. The van der Waals surface area contributed by atoms with Gasteiger partial charge >= 0.3 is 0 Å². The van der Waals surface area contributed by atoms with Crippen molar-refractivity contribution in [3.8, 4) is 11.3 Å². The van der Waals surface area contributed by atoms with Gasteiger partial charge in [-0.05, 0) is 57.0 Å². The number of rotatable bonds is 6. The van der Waals surface area contributed by atoms with Gasteiger partial charge in [0.2, 0.25) is 5.91 Å². The second kappa shape index (κ2) is 8.39. The molecule has 0 atom stereocenters. The minimum Gasteiger partial charge on any atom is -0.369 e. The van der Waals surface area contributed by atoms with Crippen LogP contribution < -0.4 is 11.1 Å². The van der Waals surface area contributed by atoms with Crippen molar-refractivity contribution in [2.45, 2.75) is 37.8 Å². The molecule has 152 valence electrons. The number of H-pyrrole nitrogens is 1. The Morgan fingerprint density at radius 3 is 2.90 bits per heavy atom. The Kier molecular flexibility index (Phi) is 5.69. The largest absolute Gasteiger partial charge is 0.369 e. The standard InChI is InChI=1S/C21H25ClN6O/c1-28(12-19(23)29)15-6-4-14(5-7-15)26-20-10-13(22)9-18(27-20)17-11-25-21-16(17)3-2-8-24-21/h2-3,8-11,14-15H,4-7,12H2,1H3,(H2,23,29)(H,24,25)(H,26,27)/t14-,15-. The topological polar surface area (TPSA) is 99.9 Å². The van der Waals surface area contributed by atoms with Crippen LogP contribution in [0.15, 0.2) is 36.7 Å². The molecule has 0 bridgehead atoms. The van der Waals surface area contributed by atoms with Gasteiger partial charge in [0.15, 0.2) is 0 Å². The van der Waals surface area contributed by atoms with E-state index in [1.165, 1.54) is 0 Å². The maximum absolute atomic E-state index is 11.1. The Balaban J connectivity index is 1.46. The van der Waals surface area contributed by atoms with Crippen LogP contribution in [0.2, 0.25) is 5.02 Å². The summed E-state index contributed by atoms with van der Waals surface area (Å²) in [4.78, 5) is 25.5. The number of primary amides is 1. The van der Waals surface area contributed by atoms with Crippen LogP contribution in [0, 0.1) is 0 Å². The number of hydrogen-bond acceptors (Lipinski definition) is 5. The highest BCUT2D eigenvalue weighted by molar-refractivity contribution is 6.31. The molecular weight excluding hydrogens is 388 g/mol. The van der Waals surface area contributed by atoms with Gasteiger partial charge in [-0.1, -0.05) is 11.6 Å². The number of fused-ring (bicyclic) bond motifs is 1. The highest BCUT2D eigenvalue weighted by atomic mass is 35.5. The quantitative estimate of drug-likeness (QED) is 0.576. The number of aromatic amines is 1. The monoisotopic (exact) mass is 412 g/mol. The first-order valence-corrected chi connectivity index (χ1v) is 10.2. The molecule has 1 aliphatic rings.